The Kier molecular flexibility index (Phi) is 5.41. The zero-order valence-electron chi connectivity index (χ0n) is 11.7. The Morgan fingerprint density at radius 3 is 2.77 bits per heavy atom. The van der Waals surface area contributed by atoms with Crippen LogP contribution < -0.4 is 10.9 Å². The molecule has 0 radical (unpaired) electrons. The highest BCUT2D eigenvalue weighted by Crippen LogP contribution is 2.27. The second-order valence-electron chi connectivity index (χ2n) is 4.27. The molecule has 0 atom stereocenters. The fraction of sp³-hybridized carbons (Fsp3) is 0.214. The monoisotopic (exact) mass is 341 g/mol. The molecule has 0 spiro atoms. The van der Waals surface area contributed by atoms with E-state index >= 15 is 0 Å². The first-order valence-electron chi connectivity index (χ1n) is 6.45. The standard InChI is InChI=1S/C14H13Cl2N3O3/c1-2-22-14(21)8-19-13(20)6-5-12(18-19)17-11-4-3-9(15)7-10(11)16/h3-7H,2,8H2,1H3,(H,17,18). The zero-order valence-corrected chi connectivity index (χ0v) is 13.2. The summed E-state index contributed by atoms with van der Waals surface area (Å²) in [7, 11) is 0. The Balaban J connectivity index is 2.22. The molecule has 1 aromatic heterocycles. The minimum absolute atomic E-state index is 0.242. The number of anilines is 2. The number of esters is 1. The van der Waals surface area contributed by atoms with Gasteiger partial charge in [-0.05, 0) is 31.2 Å². The number of carbonyl (C=O) groups is 1. The molecule has 0 saturated carbocycles. The Hall–Kier alpha value is -2.05. The van der Waals surface area contributed by atoms with Crippen LogP contribution in [-0.4, -0.2) is 22.4 Å². The maximum atomic E-state index is 11.7. The van der Waals surface area contributed by atoms with Crippen molar-refractivity contribution in [1.29, 1.82) is 0 Å². The summed E-state index contributed by atoms with van der Waals surface area (Å²) >= 11 is 11.9. The smallest absolute Gasteiger partial charge is 0.327 e. The van der Waals surface area contributed by atoms with Gasteiger partial charge in [-0.25, -0.2) is 4.68 Å². The average Bonchev–Trinajstić information content (AvgIpc) is 2.46. The highest BCUT2D eigenvalue weighted by atomic mass is 35.5. The number of carbonyl (C=O) groups excluding carboxylic acids is 1. The van der Waals surface area contributed by atoms with Crippen molar-refractivity contribution in [1.82, 2.24) is 9.78 Å². The first kappa shape index (κ1) is 16.3. The lowest BCUT2D eigenvalue weighted by molar-refractivity contribution is -0.144. The lowest BCUT2D eigenvalue weighted by Crippen LogP contribution is -2.27. The van der Waals surface area contributed by atoms with Gasteiger partial charge in [0.2, 0.25) is 0 Å². The van der Waals surface area contributed by atoms with E-state index in [4.69, 9.17) is 27.9 Å². The quantitative estimate of drug-likeness (QED) is 0.846. The van der Waals surface area contributed by atoms with E-state index in [1.807, 2.05) is 0 Å². The molecule has 0 amide bonds. The van der Waals surface area contributed by atoms with E-state index in [1.54, 1.807) is 25.1 Å². The summed E-state index contributed by atoms with van der Waals surface area (Å²) < 4.78 is 5.81. The third kappa shape index (κ3) is 4.22. The summed E-state index contributed by atoms with van der Waals surface area (Å²) in [6.45, 7) is 1.68. The van der Waals surface area contributed by atoms with Gasteiger partial charge in [0, 0.05) is 11.1 Å². The Bertz CT molecular complexity index is 746. The van der Waals surface area contributed by atoms with Gasteiger partial charge in [0.15, 0.2) is 5.82 Å². The number of halogens is 2. The predicted octanol–water partition coefficient (Wildman–Crippen LogP) is 2.86. The molecule has 8 heteroatoms. The minimum atomic E-state index is -0.529. The van der Waals surface area contributed by atoms with Gasteiger partial charge in [-0.2, -0.15) is 5.10 Å². The van der Waals surface area contributed by atoms with E-state index in [1.165, 1.54) is 12.1 Å². The van der Waals surface area contributed by atoms with E-state index in [2.05, 4.69) is 10.4 Å². The van der Waals surface area contributed by atoms with Crippen molar-refractivity contribution < 1.29 is 9.53 Å². The number of benzene rings is 1. The highest BCUT2D eigenvalue weighted by molar-refractivity contribution is 6.36. The number of rotatable bonds is 5. The van der Waals surface area contributed by atoms with Crippen LogP contribution in [0.15, 0.2) is 35.1 Å². The lowest BCUT2D eigenvalue weighted by atomic mass is 10.3. The van der Waals surface area contributed by atoms with Crippen LogP contribution >= 0.6 is 23.2 Å². The van der Waals surface area contributed by atoms with Crippen LogP contribution in [-0.2, 0) is 16.1 Å². The molecule has 0 unspecified atom stereocenters. The summed E-state index contributed by atoms with van der Waals surface area (Å²) in [5, 5.41) is 7.94. The molecule has 2 rings (SSSR count). The first-order valence-corrected chi connectivity index (χ1v) is 7.21. The third-order valence-corrected chi connectivity index (χ3v) is 3.19. The number of hydrogen-bond acceptors (Lipinski definition) is 5. The molecule has 0 fully saturated rings. The van der Waals surface area contributed by atoms with Crippen LogP contribution in [0.3, 0.4) is 0 Å². The molecule has 1 heterocycles. The predicted molar refractivity (Wildman–Crippen MR) is 84.9 cm³/mol. The average molecular weight is 342 g/mol. The summed E-state index contributed by atoms with van der Waals surface area (Å²) in [5.41, 5.74) is 0.181. The molecule has 1 aromatic carbocycles. The zero-order chi connectivity index (χ0) is 16.1. The Morgan fingerprint density at radius 1 is 1.32 bits per heavy atom. The maximum Gasteiger partial charge on any atom is 0.327 e. The summed E-state index contributed by atoms with van der Waals surface area (Å²) in [4.78, 5) is 23.1. The van der Waals surface area contributed by atoms with Crippen molar-refractivity contribution in [2.75, 3.05) is 11.9 Å². The molecule has 116 valence electrons. The Morgan fingerprint density at radius 2 is 2.09 bits per heavy atom. The van der Waals surface area contributed by atoms with Crippen molar-refractivity contribution >= 4 is 40.7 Å². The number of nitrogens with zero attached hydrogens (tertiary/aromatic N) is 2. The minimum Gasteiger partial charge on any atom is -0.465 e. The summed E-state index contributed by atoms with van der Waals surface area (Å²) in [5.74, 6) is -0.160. The first-order chi connectivity index (χ1) is 10.5. The lowest BCUT2D eigenvalue weighted by Gasteiger charge is -2.10. The number of hydrogen-bond donors (Lipinski definition) is 1. The van der Waals surface area contributed by atoms with Gasteiger partial charge in [0.05, 0.1) is 17.3 Å². The molecule has 22 heavy (non-hydrogen) atoms. The van der Waals surface area contributed by atoms with Gasteiger partial charge in [0.1, 0.15) is 6.54 Å². The van der Waals surface area contributed by atoms with Crippen LogP contribution in [0, 0.1) is 0 Å². The van der Waals surface area contributed by atoms with Crippen molar-refractivity contribution in [2.24, 2.45) is 0 Å². The van der Waals surface area contributed by atoms with Crippen LogP contribution in [0.1, 0.15) is 6.92 Å². The molecule has 0 aliphatic rings. The van der Waals surface area contributed by atoms with Crippen LogP contribution in [0.2, 0.25) is 10.0 Å². The fourth-order valence-electron chi connectivity index (χ4n) is 1.69. The van der Waals surface area contributed by atoms with Crippen LogP contribution in [0.5, 0.6) is 0 Å². The van der Waals surface area contributed by atoms with Gasteiger partial charge >= 0.3 is 5.97 Å². The summed E-state index contributed by atoms with van der Waals surface area (Å²) in [6, 6.07) is 7.74. The van der Waals surface area contributed by atoms with Gasteiger partial charge in [0.25, 0.3) is 5.56 Å². The molecule has 6 nitrogen and oxygen atoms in total. The molecule has 1 N–H and O–H groups in total. The molecule has 0 bridgehead atoms. The van der Waals surface area contributed by atoms with E-state index in [0.717, 1.165) is 4.68 Å². The van der Waals surface area contributed by atoms with Crippen molar-refractivity contribution in [3.8, 4) is 0 Å². The summed E-state index contributed by atoms with van der Waals surface area (Å²) in [6.07, 6.45) is 0. The molecule has 2 aromatic rings. The van der Waals surface area contributed by atoms with E-state index < -0.39 is 11.5 Å². The second-order valence-corrected chi connectivity index (χ2v) is 5.11. The SMILES string of the molecule is CCOC(=O)Cn1nc(Nc2ccc(Cl)cc2Cl)ccc1=O. The molecular formula is C14H13Cl2N3O3. The topological polar surface area (TPSA) is 73.2 Å². The van der Waals surface area contributed by atoms with E-state index in [-0.39, 0.29) is 13.2 Å². The van der Waals surface area contributed by atoms with E-state index in [9.17, 15) is 9.59 Å². The van der Waals surface area contributed by atoms with Crippen molar-refractivity contribution in [2.45, 2.75) is 13.5 Å². The second kappa shape index (κ2) is 7.29. The van der Waals surface area contributed by atoms with Crippen LogP contribution in [0.25, 0.3) is 0 Å². The molecule has 0 aliphatic heterocycles. The Labute approximate surface area is 136 Å². The normalized spacial score (nSPS) is 10.3. The fourth-order valence-corrected chi connectivity index (χ4v) is 2.14. The number of nitrogens with one attached hydrogen (secondary N) is 1. The van der Waals surface area contributed by atoms with Gasteiger partial charge < -0.3 is 10.1 Å². The molecule has 0 aliphatic carbocycles. The van der Waals surface area contributed by atoms with E-state index in [0.29, 0.717) is 21.6 Å². The van der Waals surface area contributed by atoms with Crippen LogP contribution in [0.4, 0.5) is 11.5 Å². The van der Waals surface area contributed by atoms with Gasteiger partial charge in [-0.1, -0.05) is 23.2 Å². The van der Waals surface area contributed by atoms with Gasteiger partial charge in [-0.15, -0.1) is 0 Å². The largest absolute Gasteiger partial charge is 0.465 e. The number of aromatic nitrogens is 2. The highest BCUT2D eigenvalue weighted by Gasteiger charge is 2.08. The van der Waals surface area contributed by atoms with Crippen molar-refractivity contribution in [3.63, 3.8) is 0 Å². The van der Waals surface area contributed by atoms with Crippen molar-refractivity contribution in [3.05, 3.63) is 50.7 Å². The maximum absolute atomic E-state index is 11.7. The van der Waals surface area contributed by atoms with Gasteiger partial charge in [-0.3, -0.25) is 9.59 Å². The molecule has 0 saturated heterocycles. The molecular weight excluding hydrogens is 329 g/mol. The number of ether oxygens (including phenoxy) is 1. The third-order valence-electron chi connectivity index (χ3n) is 2.64.